The van der Waals surface area contributed by atoms with Crippen molar-refractivity contribution in [1.82, 2.24) is 0 Å². The third-order valence-corrected chi connectivity index (χ3v) is 3.17. The Bertz CT molecular complexity index is 702. The van der Waals surface area contributed by atoms with E-state index < -0.39 is 12.6 Å². The molecule has 0 saturated heterocycles. The lowest BCUT2D eigenvalue weighted by atomic mass is 10.0. The molecule has 0 aliphatic carbocycles. The van der Waals surface area contributed by atoms with Gasteiger partial charge in [0.2, 0.25) is 0 Å². The number of carbonyl (C=O) groups is 1. The summed E-state index contributed by atoms with van der Waals surface area (Å²) < 4.78 is 33.4. The summed E-state index contributed by atoms with van der Waals surface area (Å²) in [7, 11) is 2.55. The zero-order valence-electron chi connectivity index (χ0n) is 14.9. The van der Waals surface area contributed by atoms with Crippen LogP contribution >= 0.6 is 0 Å². The molecule has 0 aromatic heterocycles. The van der Waals surface area contributed by atoms with Gasteiger partial charge in [0.1, 0.15) is 37.0 Å². The van der Waals surface area contributed by atoms with Crippen LogP contribution in [0.1, 0.15) is 25.0 Å². The van der Waals surface area contributed by atoms with Gasteiger partial charge in [-0.2, -0.15) is 8.78 Å². The Morgan fingerprint density at radius 3 is 2.42 bits per heavy atom. The van der Waals surface area contributed by atoms with Crippen molar-refractivity contribution < 1.29 is 32.7 Å². The van der Waals surface area contributed by atoms with E-state index in [-0.39, 0.29) is 12.2 Å². The van der Waals surface area contributed by atoms with E-state index in [1.54, 1.807) is 38.1 Å². The number of ether oxygens (including phenoxy) is 2. The number of hydrogen-bond donors (Lipinski definition) is 0. The Morgan fingerprint density at radius 1 is 1.15 bits per heavy atom. The van der Waals surface area contributed by atoms with Crippen LogP contribution < -0.4 is 0 Å². The second-order valence-electron chi connectivity index (χ2n) is 4.89. The third kappa shape index (κ3) is 6.50. The highest BCUT2D eigenvalue weighted by Gasteiger charge is 2.18. The first kappa shape index (κ1) is 21.1. The van der Waals surface area contributed by atoms with E-state index in [1.165, 1.54) is 7.11 Å². The molecular formula is C17H20F2N2O5. The number of rotatable bonds is 9. The molecule has 26 heavy (non-hydrogen) atoms. The number of esters is 1. The maximum atomic E-state index is 12.3. The van der Waals surface area contributed by atoms with Crippen molar-refractivity contribution in [1.29, 1.82) is 0 Å². The van der Waals surface area contributed by atoms with Gasteiger partial charge >= 0.3 is 12.6 Å². The molecule has 0 aliphatic rings. The van der Waals surface area contributed by atoms with Gasteiger partial charge in [0.05, 0.1) is 7.11 Å². The molecule has 9 heteroatoms. The van der Waals surface area contributed by atoms with Crippen molar-refractivity contribution in [2.75, 3.05) is 14.2 Å². The van der Waals surface area contributed by atoms with Crippen molar-refractivity contribution >= 4 is 23.0 Å². The van der Waals surface area contributed by atoms with Gasteiger partial charge in [-0.15, -0.1) is 0 Å². The van der Waals surface area contributed by atoms with E-state index in [0.29, 0.717) is 28.8 Å². The van der Waals surface area contributed by atoms with Crippen LogP contribution in [0.3, 0.4) is 0 Å². The van der Waals surface area contributed by atoms with Crippen molar-refractivity contribution in [2.24, 2.45) is 10.3 Å². The van der Waals surface area contributed by atoms with E-state index in [9.17, 15) is 13.6 Å². The van der Waals surface area contributed by atoms with Crippen LogP contribution in [0.4, 0.5) is 8.78 Å². The van der Waals surface area contributed by atoms with E-state index in [1.807, 2.05) is 0 Å². The molecule has 0 atom stereocenters. The van der Waals surface area contributed by atoms with Crippen LogP contribution in [0.2, 0.25) is 0 Å². The van der Waals surface area contributed by atoms with Gasteiger partial charge in [0.25, 0.3) is 0 Å². The second-order valence-corrected chi connectivity index (χ2v) is 4.89. The third-order valence-electron chi connectivity index (χ3n) is 3.17. The fourth-order valence-corrected chi connectivity index (χ4v) is 1.83. The summed E-state index contributed by atoms with van der Waals surface area (Å²) in [6.07, 6.45) is 0.666. The summed E-state index contributed by atoms with van der Waals surface area (Å²) in [5.74, 6) is -0.819. The molecule has 142 valence electrons. The molecule has 0 unspecified atom stereocenters. The average molecular weight is 370 g/mol. The fraction of sp³-hybridized carbons (Fsp3) is 0.353. The number of methoxy groups -OCH3 is 1. The maximum absolute atomic E-state index is 12.3. The van der Waals surface area contributed by atoms with Crippen LogP contribution in [0.25, 0.3) is 5.57 Å². The minimum absolute atomic E-state index is 0.0171. The van der Waals surface area contributed by atoms with Crippen molar-refractivity contribution in [3.8, 4) is 0 Å². The maximum Gasteiger partial charge on any atom is 0.386 e. The summed E-state index contributed by atoms with van der Waals surface area (Å²) in [6, 6.07) is 6.57. The van der Waals surface area contributed by atoms with Gasteiger partial charge < -0.3 is 19.1 Å². The van der Waals surface area contributed by atoms with E-state index >= 15 is 0 Å². The fourth-order valence-electron chi connectivity index (χ4n) is 1.83. The summed E-state index contributed by atoms with van der Waals surface area (Å²) >= 11 is 0. The SMILES string of the molecule is CO/N=C(\C)C(C)=NOCc1ccccc1/C(=C\OC(F)F)C(=O)OC. The second kappa shape index (κ2) is 10.8. The molecule has 0 bridgehead atoms. The highest BCUT2D eigenvalue weighted by molar-refractivity contribution is 6.40. The molecule has 0 fully saturated rings. The smallest absolute Gasteiger partial charge is 0.386 e. The Morgan fingerprint density at radius 2 is 1.81 bits per heavy atom. The molecule has 1 aromatic carbocycles. The van der Waals surface area contributed by atoms with Gasteiger partial charge in [0.15, 0.2) is 0 Å². The minimum atomic E-state index is -3.06. The first-order chi connectivity index (χ1) is 12.4. The molecule has 7 nitrogen and oxygen atoms in total. The predicted octanol–water partition coefficient (Wildman–Crippen LogP) is 3.35. The molecule has 0 N–H and O–H groups in total. The van der Waals surface area contributed by atoms with Crippen LogP contribution in [0.5, 0.6) is 0 Å². The first-order valence-corrected chi connectivity index (χ1v) is 7.45. The van der Waals surface area contributed by atoms with E-state index in [2.05, 4.69) is 24.6 Å². The number of benzene rings is 1. The Balaban J connectivity index is 3.05. The largest absolute Gasteiger partial charge is 0.465 e. The summed E-state index contributed by atoms with van der Waals surface area (Å²) in [6.45, 7) is 0.296. The number of alkyl halides is 2. The number of halogens is 2. The Kier molecular flexibility index (Phi) is 8.76. The van der Waals surface area contributed by atoms with Crippen molar-refractivity contribution in [3.63, 3.8) is 0 Å². The lowest BCUT2D eigenvalue weighted by Gasteiger charge is -2.11. The van der Waals surface area contributed by atoms with Crippen LogP contribution in [0, 0.1) is 0 Å². The normalized spacial score (nSPS) is 12.8. The Hall–Kier alpha value is -2.97. The van der Waals surface area contributed by atoms with Gasteiger partial charge in [-0.05, 0) is 19.4 Å². The zero-order chi connectivity index (χ0) is 19.5. The average Bonchev–Trinajstić information content (AvgIpc) is 2.62. The van der Waals surface area contributed by atoms with Crippen molar-refractivity contribution in [3.05, 3.63) is 41.7 Å². The van der Waals surface area contributed by atoms with E-state index in [4.69, 9.17) is 4.84 Å². The molecule has 1 rings (SSSR count). The molecule has 0 radical (unpaired) electrons. The highest BCUT2D eigenvalue weighted by atomic mass is 19.3. The monoisotopic (exact) mass is 370 g/mol. The summed E-state index contributed by atoms with van der Waals surface area (Å²) in [5.41, 5.74) is 1.72. The number of oxime groups is 2. The van der Waals surface area contributed by atoms with Gasteiger partial charge in [-0.3, -0.25) is 0 Å². The molecule has 0 heterocycles. The molecule has 0 amide bonds. The lowest BCUT2D eigenvalue weighted by molar-refractivity contribution is -0.134. The number of hydrogen-bond acceptors (Lipinski definition) is 7. The summed E-state index contributed by atoms with van der Waals surface area (Å²) in [5, 5.41) is 7.62. The first-order valence-electron chi connectivity index (χ1n) is 7.45. The van der Waals surface area contributed by atoms with Crippen LogP contribution in [0.15, 0.2) is 40.8 Å². The summed E-state index contributed by atoms with van der Waals surface area (Å²) in [4.78, 5) is 21.8. The van der Waals surface area contributed by atoms with Crippen LogP contribution in [-0.2, 0) is 30.6 Å². The molecule has 0 saturated carbocycles. The van der Waals surface area contributed by atoms with Crippen LogP contribution in [-0.4, -0.2) is 38.2 Å². The standard InChI is InChI=1S/C17H20F2N2O5/c1-11(20-24-4)12(2)21-26-9-13-7-5-6-8-14(13)15(16(22)23-3)10-25-17(18)19/h5-8,10,17H,9H2,1-4H3/b15-10+,20-11+,21-12?. The number of nitrogens with zero attached hydrogens (tertiary/aromatic N) is 2. The minimum Gasteiger partial charge on any atom is -0.465 e. The topological polar surface area (TPSA) is 78.7 Å². The van der Waals surface area contributed by atoms with Gasteiger partial charge in [0, 0.05) is 5.56 Å². The van der Waals surface area contributed by atoms with Gasteiger partial charge in [-0.25, -0.2) is 4.79 Å². The van der Waals surface area contributed by atoms with E-state index in [0.717, 1.165) is 7.11 Å². The molecule has 0 aliphatic heterocycles. The molecular weight excluding hydrogens is 350 g/mol. The highest BCUT2D eigenvalue weighted by Crippen LogP contribution is 2.22. The number of carbonyl (C=O) groups excluding carboxylic acids is 1. The molecule has 0 spiro atoms. The lowest BCUT2D eigenvalue weighted by Crippen LogP contribution is -2.09. The van der Waals surface area contributed by atoms with Crippen molar-refractivity contribution in [2.45, 2.75) is 27.1 Å². The zero-order valence-corrected chi connectivity index (χ0v) is 14.9. The van der Waals surface area contributed by atoms with Gasteiger partial charge in [-0.1, -0.05) is 34.6 Å². The Labute approximate surface area is 149 Å². The predicted molar refractivity (Wildman–Crippen MR) is 91.5 cm³/mol. The quantitative estimate of drug-likeness (QED) is 0.219. The molecule has 1 aromatic rings.